The lowest BCUT2D eigenvalue weighted by Crippen LogP contribution is -2.10. The second kappa shape index (κ2) is 5.79. The van der Waals surface area contributed by atoms with E-state index in [-0.39, 0.29) is 11.7 Å². The molecule has 0 radical (unpaired) electrons. The minimum absolute atomic E-state index is 0.179. The van der Waals surface area contributed by atoms with Gasteiger partial charge >= 0.3 is 0 Å². The Balaban J connectivity index is 2.07. The fraction of sp³-hybridized carbons (Fsp3) is 0.167. The van der Waals surface area contributed by atoms with Crippen LogP contribution < -0.4 is 11.1 Å². The van der Waals surface area contributed by atoms with Gasteiger partial charge in [0.1, 0.15) is 0 Å². The van der Waals surface area contributed by atoms with E-state index in [2.05, 4.69) is 26.2 Å². The monoisotopic (exact) mass is 309 g/mol. The van der Waals surface area contributed by atoms with Crippen LogP contribution in [0.4, 0.5) is 5.69 Å². The van der Waals surface area contributed by atoms with E-state index in [1.807, 2.05) is 12.1 Å². The van der Waals surface area contributed by atoms with E-state index in [1.54, 1.807) is 12.1 Å². The molecule has 2 rings (SSSR count). The van der Waals surface area contributed by atoms with Crippen molar-refractivity contribution in [1.82, 2.24) is 4.98 Å². The molecule has 1 aromatic carbocycles. The smallest absolute Gasteiger partial charge is 0.293 e. The van der Waals surface area contributed by atoms with Crippen LogP contribution in [0.25, 0.3) is 0 Å². The van der Waals surface area contributed by atoms with Gasteiger partial charge in [0.15, 0.2) is 5.89 Å². The molecule has 1 heterocycles. The van der Waals surface area contributed by atoms with Gasteiger partial charge in [0, 0.05) is 23.1 Å². The minimum atomic E-state index is -0.330. The summed E-state index contributed by atoms with van der Waals surface area (Å²) in [6, 6.07) is 7.30. The van der Waals surface area contributed by atoms with Gasteiger partial charge in [-0.3, -0.25) is 4.79 Å². The number of nitrogens with one attached hydrogen (secondary N) is 1. The van der Waals surface area contributed by atoms with Crippen molar-refractivity contribution in [2.75, 3.05) is 11.9 Å². The molecule has 0 aliphatic heterocycles. The number of rotatable bonds is 4. The van der Waals surface area contributed by atoms with Crippen LogP contribution in [0, 0.1) is 0 Å². The van der Waals surface area contributed by atoms with Crippen LogP contribution in [0.1, 0.15) is 16.4 Å². The number of nitrogens with zero attached hydrogens (tertiary/aromatic N) is 1. The predicted molar refractivity (Wildman–Crippen MR) is 71.4 cm³/mol. The highest BCUT2D eigenvalue weighted by Crippen LogP contribution is 2.16. The number of nitrogens with two attached hydrogens (primary N) is 1. The molecule has 0 fully saturated rings. The largest absolute Gasteiger partial charge is 0.435 e. The number of carbonyl (C=O) groups excluding carboxylic acids is 1. The molecule has 94 valence electrons. The minimum Gasteiger partial charge on any atom is -0.435 e. The van der Waals surface area contributed by atoms with E-state index in [0.29, 0.717) is 24.5 Å². The van der Waals surface area contributed by atoms with Crippen LogP contribution in [0.15, 0.2) is 39.4 Å². The Morgan fingerprint density at radius 1 is 1.50 bits per heavy atom. The summed E-state index contributed by atoms with van der Waals surface area (Å²) in [7, 11) is 0. The molecule has 0 unspecified atom stereocenters. The van der Waals surface area contributed by atoms with Gasteiger partial charge in [-0.2, -0.15) is 0 Å². The molecule has 0 bridgehead atoms. The zero-order valence-electron chi connectivity index (χ0n) is 9.52. The number of hydrogen-bond donors (Lipinski definition) is 2. The van der Waals surface area contributed by atoms with Gasteiger partial charge in [-0.05, 0) is 18.2 Å². The molecule has 0 saturated carbocycles. The van der Waals surface area contributed by atoms with Crippen LogP contribution in [0.5, 0.6) is 0 Å². The summed E-state index contributed by atoms with van der Waals surface area (Å²) in [5.41, 5.74) is 6.07. The number of halogens is 1. The number of oxazole rings is 1. The first-order chi connectivity index (χ1) is 8.69. The quantitative estimate of drug-likeness (QED) is 0.907. The van der Waals surface area contributed by atoms with E-state index in [9.17, 15) is 4.79 Å². The third-order valence-electron chi connectivity index (χ3n) is 2.22. The Kier molecular flexibility index (Phi) is 4.11. The molecule has 6 heteroatoms. The normalized spacial score (nSPS) is 10.3. The standard InChI is InChI=1S/C12H12BrN3O2/c13-8-2-1-3-9(6-8)16-12(17)10-7-15-11(18-10)4-5-14/h1-3,6-7H,4-5,14H2,(H,16,17). The van der Waals surface area contributed by atoms with E-state index < -0.39 is 0 Å². The first-order valence-corrected chi connectivity index (χ1v) is 6.20. The first kappa shape index (κ1) is 12.8. The Labute approximate surface area is 113 Å². The van der Waals surface area contributed by atoms with Crippen LogP contribution in [0.2, 0.25) is 0 Å². The van der Waals surface area contributed by atoms with E-state index in [1.165, 1.54) is 6.20 Å². The van der Waals surface area contributed by atoms with Crippen LogP contribution in [0.3, 0.4) is 0 Å². The van der Waals surface area contributed by atoms with E-state index in [0.717, 1.165) is 4.47 Å². The number of benzene rings is 1. The maximum Gasteiger partial charge on any atom is 0.293 e. The van der Waals surface area contributed by atoms with Crippen LogP contribution in [-0.2, 0) is 6.42 Å². The lowest BCUT2D eigenvalue weighted by molar-refractivity contribution is 0.0995. The van der Waals surface area contributed by atoms with Gasteiger partial charge in [-0.25, -0.2) is 4.98 Å². The summed E-state index contributed by atoms with van der Waals surface area (Å²) >= 11 is 3.33. The Morgan fingerprint density at radius 2 is 2.33 bits per heavy atom. The van der Waals surface area contributed by atoms with Crippen molar-refractivity contribution in [1.29, 1.82) is 0 Å². The zero-order valence-corrected chi connectivity index (χ0v) is 11.1. The summed E-state index contributed by atoms with van der Waals surface area (Å²) in [5, 5.41) is 2.72. The zero-order chi connectivity index (χ0) is 13.0. The van der Waals surface area contributed by atoms with Crippen molar-refractivity contribution in [2.24, 2.45) is 5.73 Å². The fourth-order valence-corrected chi connectivity index (χ4v) is 1.81. The molecule has 0 atom stereocenters. The molecule has 0 aliphatic rings. The Morgan fingerprint density at radius 3 is 3.06 bits per heavy atom. The van der Waals surface area contributed by atoms with Crippen molar-refractivity contribution < 1.29 is 9.21 Å². The molecule has 0 spiro atoms. The second-order valence-corrected chi connectivity index (χ2v) is 4.54. The van der Waals surface area contributed by atoms with Crippen molar-refractivity contribution in [2.45, 2.75) is 6.42 Å². The summed E-state index contributed by atoms with van der Waals surface area (Å²) < 4.78 is 6.16. The van der Waals surface area contributed by atoms with Crippen molar-refractivity contribution in [3.63, 3.8) is 0 Å². The van der Waals surface area contributed by atoms with Crippen LogP contribution >= 0.6 is 15.9 Å². The predicted octanol–water partition coefficient (Wildman–Crippen LogP) is 2.19. The summed E-state index contributed by atoms with van der Waals surface area (Å²) in [6.45, 7) is 0.438. The third-order valence-corrected chi connectivity index (χ3v) is 2.71. The van der Waals surface area contributed by atoms with Crippen molar-refractivity contribution >= 4 is 27.5 Å². The number of carbonyl (C=O) groups is 1. The van der Waals surface area contributed by atoms with Gasteiger partial charge in [0.05, 0.1) is 6.20 Å². The summed E-state index contributed by atoms with van der Waals surface area (Å²) in [6.07, 6.45) is 1.92. The number of hydrogen-bond acceptors (Lipinski definition) is 4. The van der Waals surface area contributed by atoms with Crippen molar-refractivity contribution in [3.8, 4) is 0 Å². The number of amides is 1. The Bertz CT molecular complexity index is 554. The van der Waals surface area contributed by atoms with Gasteiger partial charge in [-0.15, -0.1) is 0 Å². The van der Waals surface area contributed by atoms with Gasteiger partial charge in [0.25, 0.3) is 5.91 Å². The molecule has 18 heavy (non-hydrogen) atoms. The molecular formula is C12H12BrN3O2. The van der Waals surface area contributed by atoms with Gasteiger partial charge in [0.2, 0.25) is 5.76 Å². The SMILES string of the molecule is NCCc1ncc(C(=O)Nc2cccc(Br)c2)o1. The summed E-state index contributed by atoms with van der Waals surface area (Å²) in [5.74, 6) is 0.319. The van der Waals surface area contributed by atoms with Crippen LogP contribution in [-0.4, -0.2) is 17.4 Å². The molecule has 2 aromatic rings. The summed E-state index contributed by atoms with van der Waals surface area (Å²) in [4.78, 5) is 15.8. The van der Waals surface area contributed by atoms with E-state index in [4.69, 9.17) is 10.2 Å². The highest BCUT2D eigenvalue weighted by molar-refractivity contribution is 9.10. The molecular weight excluding hydrogens is 298 g/mol. The maximum atomic E-state index is 11.9. The van der Waals surface area contributed by atoms with E-state index >= 15 is 0 Å². The van der Waals surface area contributed by atoms with Gasteiger partial charge < -0.3 is 15.5 Å². The highest BCUT2D eigenvalue weighted by Gasteiger charge is 2.12. The number of aromatic nitrogens is 1. The topological polar surface area (TPSA) is 81.1 Å². The van der Waals surface area contributed by atoms with Crippen molar-refractivity contribution in [3.05, 3.63) is 46.6 Å². The lowest BCUT2D eigenvalue weighted by Gasteiger charge is -2.02. The average molecular weight is 310 g/mol. The molecule has 5 nitrogen and oxygen atoms in total. The average Bonchev–Trinajstić information content (AvgIpc) is 2.78. The number of anilines is 1. The molecule has 0 saturated heterocycles. The molecule has 0 aliphatic carbocycles. The second-order valence-electron chi connectivity index (χ2n) is 3.62. The highest BCUT2D eigenvalue weighted by atomic mass is 79.9. The lowest BCUT2D eigenvalue weighted by atomic mass is 10.3. The van der Waals surface area contributed by atoms with Gasteiger partial charge in [-0.1, -0.05) is 22.0 Å². The molecule has 1 aromatic heterocycles. The maximum absolute atomic E-state index is 11.9. The Hall–Kier alpha value is -1.66. The fourth-order valence-electron chi connectivity index (χ4n) is 1.41. The third kappa shape index (κ3) is 3.18. The first-order valence-electron chi connectivity index (χ1n) is 5.41. The molecule has 3 N–H and O–H groups in total. The molecule has 1 amide bonds.